The van der Waals surface area contributed by atoms with Crippen LogP contribution in [-0.4, -0.2) is 24.7 Å². The van der Waals surface area contributed by atoms with E-state index < -0.39 is 0 Å². The molecule has 0 atom stereocenters. The van der Waals surface area contributed by atoms with Crippen LogP contribution in [0, 0.1) is 6.92 Å². The molecular formula is C21H15ClN4O2S3. The van der Waals surface area contributed by atoms with Crippen LogP contribution >= 0.6 is 47.8 Å². The number of carbonyl (C=O) groups is 1. The van der Waals surface area contributed by atoms with Crippen LogP contribution in [0.3, 0.4) is 0 Å². The molecule has 1 saturated heterocycles. The molecule has 10 heteroatoms. The maximum absolute atomic E-state index is 13.0. The number of anilines is 2. The molecule has 4 rings (SSSR count). The molecule has 0 unspecified atom stereocenters. The highest BCUT2D eigenvalue weighted by atomic mass is 35.5. The summed E-state index contributed by atoms with van der Waals surface area (Å²) >= 11 is 18.0. The van der Waals surface area contributed by atoms with E-state index in [4.69, 9.17) is 36.0 Å². The number of para-hydroxylation sites is 1. The molecule has 1 fully saturated rings. The van der Waals surface area contributed by atoms with Gasteiger partial charge >= 0.3 is 0 Å². The minimum atomic E-state index is -0.317. The van der Waals surface area contributed by atoms with Gasteiger partial charge < -0.3 is 5.32 Å². The van der Waals surface area contributed by atoms with Crippen LogP contribution in [0.15, 0.2) is 70.4 Å². The Hall–Kier alpha value is -2.72. The van der Waals surface area contributed by atoms with Crippen molar-refractivity contribution in [3.8, 4) is 0 Å². The molecule has 1 aromatic heterocycles. The van der Waals surface area contributed by atoms with Gasteiger partial charge in [-0.05, 0) is 55.5 Å². The molecule has 0 saturated carbocycles. The molecule has 31 heavy (non-hydrogen) atoms. The first kappa shape index (κ1) is 21.5. The molecule has 0 aliphatic carbocycles. The van der Waals surface area contributed by atoms with Gasteiger partial charge in [0.25, 0.3) is 11.5 Å². The quantitative estimate of drug-likeness (QED) is 0.427. The number of aryl methyl sites for hydroxylation is 1. The highest BCUT2D eigenvalue weighted by Crippen LogP contribution is 2.35. The minimum Gasteiger partial charge on any atom is -0.331 e. The number of benzene rings is 2. The minimum absolute atomic E-state index is 0.275. The largest absolute Gasteiger partial charge is 0.331 e. The predicted molar refractivity (Wildman–Crippen MR) is 135 cm³/mol. The standard InChI is InChI=1S/C21H15ClN4O2S3/c1-13-11-18(27)24(26(13)20(29)23-15-9-7-14(22)8-10-15)12-17-19(28)25(21(30)31-17)16-5-3-2-4-6-16/h2-12H,1H3,(H,23,29)/b17-12-. The molecule has 0 spiro atoms. The van der Waals surface area contributed by atoms with Gasteiger partial charge in [-0.15, -0.1) is 0 Å². The molecule has 1 N–H and O–H groups in total. The number of halogens is 1. The summed E-state index contributed by atoms with van der Waals surface area (Å²) in [6, 6.07) is 17.6. The molecule has 1 aliphatic heterocycles. The van der Waals surface area contributed by atoms with Gasteiger partial charge in [-0.1, -0.05) is 53.8 Å². The molecule has 3 aromatic rings. The molecule has 6 nitrogen and oxygen atoms in total. The lowest BCUT2D eigenvalue weighted by atomic mass is 10.3. The molecule has 1 aliphatic rings. The van der Waals surface area contributed by atoms with E-state index in [1.807, 2.05) is 18.2 Å². The van der Waals surface area contributed by atoms with E-state index in [1.165, 1.54) is 26.5 Å². The Morgan fingerprint density at radius 3 is 2.45 bits per heavy atom. The van der Waals surface area contributed by atoms with E-state index in [9.17, 15) is 9.59 Å². The van der Waals surface area contributed by atoms with E-state index >= 15 is 0 Å². The Bertz CT molecular complexity index is 1280. The summed E-state index contributed by atoms with van der Waals surface area (Å²) in [7, 11) is 0. The number of hydrogen-bond acceptors (Lipinski definition) is 5. The van der Waals surface area contributed by atoms with Crippen LogP contribution in [0.4, 0.5) is 11.4 Å². The Balaban J connectivity index is 1.68. The lowest BCUT2D eigenvalue weighted by Crippen LogP contribution is -2.30. The van der Waals surface area contributed by atoms with Crippen LogP contribution in [0.5, 0.6) is 0 Å². The van der Waals surface area contributed by atoms with Crippen LogP contribution in [0.25, 0.3) is 6.20 Å². The Morgan fingerprint density at radius 2 is 1.77 bits per heavy atom. The number of amides is 1. The average Bonchev–Trinajstić information content (AvgIpc) is 3.18. The normalized spacial score (nSPS) is 15.0. The summed E-state index contributed by atoms with van der Waals surface area (Å²) in [6.45, 7) is 1.76. The number of carbonyl (C=O) groups excluding carboxylic acids is 1. The van der Waals surface area contributed by atoms with Crippen LogP contribution in [0.2, 0.25) is 5.02 Å². The topological polar surface area (TPSA) is 59.3 Å². The third-order valence-corrected chi connectivity index (χ3v) is 6.26. The number of rotatable bonds is 3. The summed E-state index contributed by atoms with van der Waals surface area (Å²) < 4.78 is 3.23. The van der Waals surface area contributed by atoms with Gasteiger partial charge in [0.05, 0.1) is 16.8 Å². The van der Waals surface area contributed by atoms with Crippen molar-refractivity contribution in [3.63, 3.8) is 0 Å². The summed E-state index contributed by atoms with van der Waals surface area (Å²) in [5.74, 6) is -0.296. The monoisotopic (exact) mass is 486 g/mol. The lowest BCUT2D eigenvalue weighted by molar-refractivity contribution is -0.113. The third-order valence-electron chi connectivity index (χ3n) is 4.44. The maximum atomic E-state index is 13.0. The highest BCUT2D eigenvalue weighted by molar-refractivity contribution is 8.27. The first-order valence-corrected chi connectivity index (χ1v) is 11.1. The molecular weight excluding hydrogens is 472 g/mol. The zero-order valence-electron chi connectivity index (χ0n) is 16.1. The number of nitrogens with zero attached hydrogens (tertiary/aromatic N) is 3. The van der Waals surface area contributed by atoms with Crippen molar-refractivity contribution in [2.75, 3.05) is 10.2 Å². The van der Waals surface area contributed by atoms with Crippen molar-refractivity contribution in [2.24, 2.45) is 0 Å². The molecule has 1 amide bonds. The first-order valence-electron chi connectivity index (χ1n) is 9.06. The Labute approximate surface area is 198 Å². The van der Waals surface area contributed by atoms with Crippen molar-refractivity contribution in [3.05, 3.63) is 86.6 Å². The second-order valence-electron chi connectivity index (χ2n) is 6.55. The summed E-state index contributed by atoms with van der Waals surface area (Å²) in [5, 5.41) is 3.96. The predicted octanol–water partition coefficient (Wildman–Crippen LogP) is 4.72. The van der Waals surface area contributed by atoms with E-state index in [0.29, 0.717) is 25.6 Å². The fourth-order valence-corrected chi connectivity index (χ4v) is 4.76. The van der Waals surface area contributed by atoms with Gasteiger partial charge in [-0.25, -0.2) is 9.36 Å². The first-order chi connectivity index (χ1) is 14.8. The summed E-state index contributed by atoms with van der Waals surface area (Å²) in [6.07, 6.45) is 1.47. The number of thiocarbonyl (C=S) groups is 2. The van der Waals surface area contributed by atoms with Gasteiger partial charge in [0.1, 0.15) is 0 Å². The SMILES string of the molecule is Cc1cc(=O)n(/C=C2\SC(=S)N(c3ccccc3)C2=O)n1C(=S)Nc1ccc(Cl)cc1. The molecule has 0 radical (unpaired) electrons. The maximum Gasteiger partial charge on any atom is 0.272 e. The second kappa shape index (κ2) is 8.80. The molecule has 2 aromatic carbocycles. The fraction of sp³-hybridized carbons (Fsp3) is 0.0476. The Kier molecular flexibility index (Phi) is 6.10. The van der Waals surface area contributed by atoms with Crippen LogP contribution in [-0.2, 0) is 4.79 Å². The average molecular weight is 487 g/mol. The number of aromatic nitrogens is 2. The zero-order valence-corrected chi connectivity index (χ0v) is 19.3. The highest BCUT2D eigenvalue weighted by Gasteiger charge is 2.33. The fourth-order valence-electron chi connectivity index (χ4n) is 3.03. The van der Waals surface area contributed by atoms with Crippen molar-refractivity contribution in [1.82, 2.24) is 9.36 Å². The van der Waals surface area contributed by atoms with Gasteiger partial charge in [-0.2, -0.15) is 0 Å². The zero-order chi connectivity index (χ0) is 22.1. The smallest absolute Gasteiger partial charge is 0.272 e. The number of nitrogens with one attached hydrogen (secondary N) is 1. The lowest BCUT2D eigenvalue weighted by Gasteiger charge is -2.15. The van der Waals surface area contributed by atoms with Gasteiger partial charge in [-0.3, -0.25) is 14.5 Å². The van der Waals surface area contributed by atoms with Gasteiger partial charge in [0.2, 0.25) is 0 Å². The van der Waals surface area contributed by atoms with E-state index in [0.717, 1.165) is 17.4 Å². The van der Waals surface area contributed by atoms with Crippen LogP contribution in [0.1, 0.15) is 5.69 Å². The molecule has 156 valence electrons. The van der Waals surface area contributed by atoms with Crippen molar-refractivity contribution in [1.29, 1.82) is 0 Å². The van der Waals surface area contributed by atoms with Gasteiger partial charge in [0.15, 0.2) is 9.43 Å². The third kappa shape index (κ3) is 4.35. The summed E-state index contributed by atoms with van der Waals surface area (Å²) in [4.78, 5) is 27.4. The van der Waals surface area contributed by atoms with E-state index in [1.54, 1.807) is 43.3 Å². The van der Waals surface area contributed by atoms with Crippen molar-refractivity contribution >= 4 is 80.7 Å². The van der Waals surface area contributed by atoms with Crippen LogP contribution < -0.4 is 15.8 Å². The van der Waals surface area contributed by atoms with Crippen molar-refractivity contribution in [2.45, 2.75) is 6.92 Å². The summed E-state index contributed by atoms with van der Waals surface area (Å²) in [5.41, 5.74) is 1.69. The van der Waals surface area contributed by atoms with Gasteiger partial charge in [0, 0.05) is 22.5 Å². The second-order valence-corrected chi connectivity index (χ2v) is 9.05. The van der Waals surface area contributed by atoms with E-state index in [-0.39, 0.29) is 16.6 Å². The van der Waals surface area contributed by atoms with E-state index in [2.05, 4.69) is 5.32 Å². The van der Waals surface area contributed by atoms with Crippen molar-refractivity contribution < 1.29 is 4.79 Å². The Morgan fingerprint density at radius 1 is 1.10 bits per heavy atom. The number of thioether (sulfide) groups is 1. The molecule has 2 heterocycles. The number of hydrogen-bond donors (Lipinski definition) is 1. The molecule has 0 bridgehead atoms.